The van der Waals surface area contributed by atoms with Crippen LogP contribution in [0, 0.1) is 0 Å². The van der Waals surface area contributed by atoms with Crippen LogP contribution in [0.15, 0.2) is 174 Å². The molecule has 0 radical (unpaired) electrons. The lowest BCUT2D eigenvalue weighted by atomic mass is 9.80. The smallest absolute Gasteiger partial charge is 0.159 e. The standard InChI is InChI=1S/C65H60N2O2/c1-38(2)42-23-27-44(28-24-42)66(56-20-14-18-50-46-16-10-12-21-59(46)68-63(50)56)57-36-54(40(5)6)48-32-34-53-58(37-55(41(7)8)49-31-33-52(57)61(48)62(49)53)67(45-29-25-43(26-30-45)39(3)4)65(9)35-15-19-51-47-17-11-13-22-60(47)69-64(51)65/h10-41,64H,1-9H3. The van der Waals surface area contributed by atoms with Gasteiger partial charge in [-0.15, -0.1) is 0 Å². The van der Waals surface area contributed by atoms with Gasteiger partial charge in [-0.2, -0.15) is 0 Å². The highest BCUT2D eigenvalue weighted by molar-refractivity contribution is 6.29. The van der Waals surface area contributed by atoms with E-state index in [-0.39, 0.29) is 17.9 Å². The monoisotopic (exact) mass is 900 g/mol. The molecule has 10 aromatic rings. The van der Waals surface area contributed by atoms with Crippen molar-refractivity contribution in [2.24, 2.45) is 0 Å². The van der Waals surface area contributed by atoms with Crippen LogP contribution in [0.25, 0.3) is 59.8 Å². The number of anilines is 5. The van der Waals surface area contributed by atoms with Crippen LogP contribution in [-0.4, -0.2) is 11.6 Å². The number of nitrogens with zero attached hydrogens (tertiary/aromatic N) is 2. The molecule has 4 heteroatoms. The van der Waals surface area contributed by atoms with Crippen LogP contribution in [0.5, 0.6) is 5.75 Å². The van der Waals surface area contributed by atoms with Crippen molar-refractivity contribution in [3.63, 3.8) is 0 Å². The minimum absolute atomic E-state index is 0.235. The fourth-order valence-electron chi connectivity index (χ4n) is 11.7. The highest BCUT2D eigenvalue weighted by atomic mass is 16.5. The molecule has 0 spiro atoms. The lowest BCUT2D eigenvalue weighted by Crippen LogP contribution is -2.53. The normalized spacial score (nSPS) is 16.8. The second-order valence-electron chi connectivity index (χ2n) is 21.0. The number of benzene rings is 9. The molecule has 1 aliphatic carbocycles. The van der Waals surface area contributed by atoms with Crippen LogP contribution >= 0.6 is 0 Å². The average molecular weight is 901 g/mol. The number of rotatable bonds is 10. The number of furan rings is 1. The molecule has 2 heterocycles. The Balaban J connectivity index is 1.17. The van der Waals surface area contributed by atoms with Crippen molar-refractivity contribution in [3.05, 3.63) is 198 Å². The first kappa shape index (κ1) is 43.0. The van der Waals surface area contributed by atoms with E-state index in [1.165, 1.54) is 71.4 Å². The van der Waals surface area contributed by atoms with Crippen molar-refractivity contribution in [1.82, 2.24) is 0 Å². The lowest BCUT2D eigenvalue weighted by Gasteiger charge is -2.46. The molecule has 2 aliphatic rings. The van der Waals surface area contributed by atoms with Crippen molar-refractivity contribution in [3.8, 4) is 5.75 Å². The van der Waals surface area contributed by atoms with Crippen molar-refractivity contribution in [2.75, 3.05) is 9.80 Å². The molecule has 0 amide bonds. The van der Waals surface area contributed by atoms with Gasteiger partial charge in [0.05, 0.1) is 17.1 Å². The third-order valence-electron chi connectivity index (χ3n) is 15.4. The van der Waals surface area contributed by atoms with Crippen LogP contribution in [-0.2, 0) is 0 Å². The molecule has 2 atom stereocenters. The zero-order valence-electron chi connectivity index (χ0n) is 41.3. The molecular weight excluding hydrogens is 841 g/mol. The summed E-state index contributed by atoms with van der Waals surface area (Å²) >= 11 is 0. The first-order chi connectivity index (χ1) is 33.4. The summed E-state index contributed by atoms with van der Waals surface area (Å²) in [4.78, 5) is 5.07. The molecule has 342 valence electrons. The molecule has 0 N–H and O–H groups in total. The van der Waals surface area contributed by atoms with E-state index in [4.69, 9.17) is 9.15 Å². The molecule has 0 fully saturated rings. The Bertz CT molecular complexity index is 3680. The minimum atomic E-state index is -0.599. The number of ether oxygens (including phenoxy) is 1. The summed E-state index contributed by atoms with van der Waals surface area (Å²) in [7, 11) is 0. The van der Waals surface area contributed by atoms with Crippen LogP contribution < -0.4 is 14.5 Å². The summed E-state index contributed by atoms with van der Waals surface area (Å²) in [6, 6.07) is 56.6. The Kier molecular flexibility index (Phi) is 10.1. The Morgan fingerprint density at radius 1 is 0.493 bits per heavy atom. The number of fused-ring (bicyclic) bond motifs is 6. The van der Waals surface area contributed by atoms with Gasteiger partial charge in [0.15, 0.2) is 11.7 Å². The van der Waals surface area contributed by atoms with E-state index in [9.17, 15) is 0 Å². The van der Waals surface area contributed by atoms with Crippen LogP contribution in [0.2, 0.25) is 0 Å². The van der Waals surface area contributed by atoms with E-state index >= 15 is 0 Å². The molecule has 12 rings (SSSR count). The first-order valence-corrected chi connectivity index (χ1v) is 25.1. The second kappa shape index (κ2) is 16.2. The Morgan fingerprint density at radius 2 is 1.06 bits per heavy atom. The zero-order valence-corrected chi connectivity index (χ0v) is 41.3. The van der Waals surface area contributed by atoms with Crippen molar-refractivity contribution in [2.45, 2.75) is 97.6 Å². The molecule has 9 aromatic carbocycles. The van der Waals surface area contributed by atoms with Crippen LogP contribution in [0.4, 0.5) is 28.4 Å². The Morgan fingerprint density at radius 3 is 1.71 bits per heavy atom. The quantitative estimate of drug-likeness (QED) is 0.128. The van der Waals surface area contributed by atoms with Crippen LogP contribution in [0.1, 0.15) is 114 Å². The highest BCUT2D eigenvalue weighted by Crippen LogP contribution is 2.54. The topological polar surface area (TPSA) is 28.9 Å². The second-order valence-corrected chi connectivity index (χ2v) is 21.0. The summed E-state index contributed by atoms with van der Waals surface area (Å²) in [5, 5.41) is 9.84. The maximum absolute atomic E-state index is 7.08. The molecule has 0 saturated carbocycles. The highest BCUT2D eigenvalue weighted by Gasteiger charge is 2.48. The number of hydrogen-bond acceptors (Lipinski definition) is 4. The van der Waals surface area contributed by atoms with E-state index in [2.05, 4.69) is 242 Å². The van der Waals surface area contributed by atoms with E-state index in [1.54, 1.807) is 0 Å². The summed E-state index contributed by atoms with van der Waals surface area (Å²) in [5.74, 6) is 2.26. The van der Waals surface area contributed by atoms with Gasteiger partial charge < -0.3 is 19.0 Å². The molecule has 69 heavy (non-hydrogen) atoms. The maximum Gasteiger partial charge on any atom is 0.159 e. The average Bonchev–Trinajstić information content (AvgIpc) is 3.94. The van der Waals surface area contributed by atoms with Gasteiger partial charge in [-0.05, 0) is 129 Å². The molecule has 1 aromatic heterocycles. The molecule has 0 saturated heterocycles. The first-order valence-electron chi connectivity index (χ1n) is 25.1. The molecular formula is C65H60N2O2. The zero-order chi connectivity index (χ0) is 47.5. The van der Waals surface area contributed by atoms with Crippen molar-refractivity contribution < 1.29 is 9.15 Å². The van der Waals surface area contributed by atoms with Gasteiger partial charge in [-0.1, -0.05) is 171 Å². The van der Waals surface area contributed by atoms with E-state index in [0.29, 0.717) is 11.8 Å². The van der Waals surface area contributed by atoms with Gasteiger partial charge in [-0.25, -0.2) is 0 Å². The van der Waals surface area contributed by atoms with Gasteiger partial charge in [0.2, 0.25) is 0 Å². The van der Waals surface area contributed by atoms with Gasteiger partial charge >= 0.3 is 0 Å². The van der Waals surface area contributed by atoms with Crippen LogP contribution in [0.3, 0.4) is 0 Å². The van der Waals surface area contributed by atoms with Gasteiger partial charge in [-0.3, -0.25) is 0 Å². The lowest BCUT2D eigenvalue weighted by molar-refractivity contribution is 0.210. The third-order valence-corrected chi connectivity index (χ3v) is 15.4. The number of allylic oxidation sites excluding steroid dienone is 2. The summed E-state index contributed by atoms with van der Waals surface area (Å²) < 4.78 is 13.9. The van der Waals surface area contributed by atoms with E-state index in [0.717, 1.165) is 50.4 Å². The molecule has 0 bridgehead atoms. The Labute approximate surface area is 406 Å². The Hall–Kier alpha value is -7.30. The maximum atomic E-state index is 7.08. The fourth-order valence-corrected chi connectivity index (χ4v) is 11.7. The fraction of sp³-hybridized carbons (Fsp3) is 0.231. The predicted octanol–water partition coefficient (Wildman–Crippen LogP) is 18.8. The molecule has 1 aliphatic heterocycles. The third kappa shape index (κ3) is 6.62. The molecule has 2 unspecified atom stereocenters. The van der Waals surface area contributed by atoms with E-state index < -0.39 is 5.54 Å². The van der Waals surface area contributed by atoms with Crippen molar-refractivity contribution in [1.29, 1.82) is 0 Å². The summed E-state index contributed by atoms with van der Waals surface area (Å²) in [6.07, 6.45) is 6.64. The van der Waals surface area contributed by atoms with Gasteiger partial charge in [0.1, 0.15) is 16.9 Å². The number of hydrogen-bond donors (Lipinski definition) is 0. The van der Waals surface area contributed by atoms with E-state index in [1.807, 2.05) is 0 Å². The minimum Gasteiger partial charge on any atom is -0.482 e. The summed E-state index contributed by atoms with van der Waals surface area (Å²) in [6.45, 7) is 20.8. The van der Waals surface area contributed by atoms with Gasteiger partial charge in [0, 0.05) is 44.1 Å². The largest absolute Gasteiger partial charge is 0.482 e. The summed E-state index contributed by atoms with van der Waals surface area (Å²) in [5.41, 5.74) is 14.4. The molecule has 4 nitrogen and oxygen atoms in total. The van der Waals surface area contributed by atoms with Gasteiger partial charge in [0.25, 0.3) is 0 Å². The van der Waals surface area contributed by atoms with Crippen molar-refractivity contribution >= 4 is 88.3 Å². The predicted molar refractivity (Wildman–Crippen MR) is 293 cm³/mol. The SMILES string of the molecule is CC(C)c1ccc(N(c2cc(C(C)C)c3ccc4c(N(c5ccc(C(C)C)cc5)C5(C)C=CC=C6c7ccccc7OC65)cc(C(C)C)c5ccc2c3c54)c2cccc3c2oc2ccccc23)cc1. The number of para-hydroxylation sites is 3.